The van der Waals surface area contributed by atoms with Gasteiger partial charge in [-0.1, -0.05) is 12.1 Å². The number of phenols is 1. The number of carbonyl (C=O) groups is 1. The molecule has 0 radical (unpaired) electrons. The van der Waals surface area contributed by atoms with E-state index in [0.29, 0.717) is 5.56 Å². The van der Waals surface area contributed by atoms with Gasteiger partial charge in [-0.3, -0.25) is 0 Å². The third-order valence-electron chi connectivity index (χ3n) is 1.78. The van der Waals surface area contributed by atoms with Crippen molar-refractivity contribution in [3.63, 3.8) is 0 Å². The minimum atomic E-state index is -1.58. The minimum absolute atomic E-state index is 0.0159. The van der Waals surface area contributed by atoms with Crippen LogP contribution in [0.25, 0.3) is 0 Å². The van der Waals surface area contributed by atoms with Gasteiger partial charge in [0, 0.05) is 0 Å². The summed E-state index contributed by atoms with van der Waals surface area (Å²) in [7, 11) is 0. The zero-order valence-corrected chi connectivity index (χ0v) is 7.06. The van der Waals surface area contributed by atoms with Gasteiger partial charge >= 0.3 is 5.97 Å². The molecule has 0 aliphatic rings. The average molecular weight is 182 g/mol. The van der Waals surface area contributed by atoms with E-state index >= 15 is 0 Å². The van der Waals surface area contributed by atoms with E-state index in [2.05, 4.69) is 0 Å². The van der Waals surface area contributed by atoms with Crippen LogP contribution in [0.5, 0.6) is 5.75 Å². The maximum Gasteiger partial charge on any atom is 0.337 e. The number of carboxylic acid groups (broad SMARTS) is 1. The Labute approximate surface area is 75.1 Å². The first kappa shape index (κ1) is 9.54. The highest BCUT2D eigenvalue weighted by molar-refractivity contribution is 5.74. The van der Waals surface area contributed by atoms with Crippen molar-refractivity contribution in [3.8, 4) is 5.75 Å². The fourth-order valence-electron chi connectivity index (χ4n) is 0.939. The summed E-state index contributed by atoms with van der Waals surface area (Å²) in [6, 6.07) is 4.26. The molecule has 0 aliphatic heterocycles. The van der Waals surface area contributed by atoms with Gasteiger partial charge in [-0.05, 0) is 24.1 Å². The Morgan fingerprint density at radius 1 is 1.46 bits per heavy atom. The van der Waals surface area contributed by atoms with Crippen molar-refractivity contribution in [1.29, 1.82) is 0 Å². The smallest absolute Gasteiger partial charge is 0.337 e. The largest absolute Gasteiger partial charge is 0.508 e. The lowest BCUT2D eigenvalue weighted by atomic mass is 10.1. The fourth-order valence-corrected chi connectivity index (χ4v) is 0.939. The summed E-state index contributed by atoms with van der Waals surface area (Å²) in [6.07, 6.45) is -1.58. The lowest BCUT2D eigenvalue weighted by Gasteiger charge is -2.06. The van der Waals surface area contributed by atoms with Crippen LogP contribution < -0.4 is 0 Å². The molecule has 0 aromatic heterocycles. The van der Waals surface area contributed by atoms with Crippen molar-refractivity contribution in [1.82, 2.24) is 0 Å². The van der Waals surface area contributed by atoms with Gasteiger partial charge in [-0.2, -0.15) is 0 Å². The monoisotopic (exact) mass is 182 g/mol. The average Bonchev–Trinajstić information content (AvgIpc) is 2.08. The summed E-state index contributed by atoms with van der Waals surface area (Å²) < 4.78 is 0. The number of benzene rings is 1. The molecule has 0 spiro atoms. The van der Waals surface area contributed by atoms with Gasteiger partial charge in [-0.25, -0.2) is 4.79 Å². The third-order valence-corrected chi connectivity index (χ3v) is 1.78. The van der Waals surface area contributed by atoms with Crippen molar-refractivity contribution >= 4 is 5.97 Å². The molecule has 4 heteroatoms. The Balaban J connectivity index is 3.03. The summed E-state index contributed by atoms with van der Waals surface area (Å²) in [5.74, 6) is -1.35. The second-order valence-corrected chi connectivity index (χ2v) is 2.79. The zero-order chi connectivity index (χ0) is 10.0. The summed E-state index contributed by atoms with van der Waals surface area (Å²) in [5.41, 5.74) is 0.817. The standard InChI is InChI=1S/C9H10O4/c1-5-2-3-6(4-7(5)10)8(11)9(12)13/h2-4,8,10-11H,1H3,(H,12,13)/t8-/m1/s1. The molecule has 0 amide bonds. The number of carboxylic acids is 1. The summed E-state index contributed by atoms with van der Waals surface area (Å²) in [6.45, 7) is 1.69. The van der Waals surface area contributed by atoms with E-state index in [-0.39, 0.29) is 11.3 Å². The quantitative estimate of drug-likeness (QED) is 0.632. The van der Waals surface area contributed by atoms with Crippen molar-refractivity contribution < 1.29 is 20.1 Å². The maximum absolute atomic E-state index is 10.4. The summed E-state index contributed by atoms with van der Waals surface area (Å²) >= 11 is 0. The van der Waals surface area contributed by atoms with Crippen molar-refractivity contribution in [2.24, 2.45) is 0 Å². The van der Waals surface area contributed by atoms with Gasteiger partial charge in [-0.15, -0.1) is 0 Å². The van der Waals surface area contributed by atoms with E-state index in [1.807, 2.05) is 0 Å². The zero-order valence-electron chi connectivity index (χ0n) is 7.06. The number of aliphatic hydroxyl groups is 1. The predicted octanol–water partition coefficient (Wildman–Crippen LogP) is 0.819. The van der Waals surface area contributed by atoms with Crippen LogP contribution in [0, 0.1) is 6.92 Å². The van der Waals surface area contributed by atoms with Gasteiger partial charge in [0.25, 0.3) is 0 Å². The molecule has 70 valence electrons. The van der Waals surface area contributed by atoms with Crippen molar-refractivity contribution in [3.05, 3.63) is 29.3 Å². The van der Waals surface area contributed by atoms with E-state index in [4.69, 9.17) is 10.2 Å². The number of rotatable bonds is 2. The molecular formula is C9H10O4. The molecule has 1 aromatic rings. The second kappa shape index (κ2) is 3.45. The highest BCUT2D eigenvalue weighted by Gasteiger charge is 2.16. The van der Waals surface area contributed by atoms with Crippen LogP contribution in [-0.2, 0) is 4.79 Å². The fraction of sp³-hybridized carbons (Fsp3) is 0.222. The molecule has 0 saturated carbocycles. The SMILES string of the molecule is Cc1ccc([C@@H](O)C(=O)O)cc1O. The van der Waals surface area contributed by atoms with E-state index in [9.17, 15) is 9.90 Å². The normalized spacial score (nSPS) is 12.5. The number of aryl methyl sites for hydroxylation is 1. The second-order valence-electron chi connectivity index (χ2n) is 2.79. The number of aromatic hydroxyl groups is 1. The first-order valence-electron chi connectivity index (χ1n) is 3.72. The summed E-state index contributed by atoms with van der Waals surface area (Å²) in [5, 5.41) is 26.8. The Morgan fingerprint density at radius 2 is 2.08 bits per heavy atom. The molecule has 1 rings (SSSR count). The predicted molar refractivity (Wildman–Crippen MR) is 45.4 cm³/mol. The van der Waals surface area contributed by atoms with Crippen LogP contribution in [0.3, 0.4) is 0 Å². The molecule has 4 nitrogen and oxygen atoms in total. The minimum Gasteiger partial charge on any atom is -0.508 e. The van der Waals surface area contributed by atoms with Crippen LogP contribution in [0.4, 0.5) is 0 Å². The molecule has 0 saturated heterocycles. The van der Waals surface area contributed by atoms with Crippen LogP contribution in [0.1, 0.15) is 17.2 Å². The molecule has 0 unspecified atom stereocenters. The highest BCUT2D eigenvalue weighted by atomic mass is 16.4. The molecule has 1 aromatic carbocycles. The lowest BCUT2D eigenvalue weighted by molar-refractivity contribution is -0.146. The number of aliphatic hydroxyl groups excluding tert-OH is 1. The Morgan fingerprint density at radius 3 is 2.54 bits per heavy atom. The molecule has 1 atom stereocenters. The van der Waals surface area contributed by atoms with E-state index < -0.39 is 12.1 Å². The van der Waals surface area contributed by atoms with Gasteiger partial charge in [0.05, 0.1) is 0 Å². The highest BCUT2D eigenvalue weighted by Crippen LogP contribution is 2.21. The van der Waals surface area contributed by atoms with E-state index in [1.54, 1.807) is 13.0 Å². The number of phenolic OH excluding ortho intramolecular Hbond substituents is 1. The number of hydrogen-bond donors (Lipinski definition) is 3. The van der Waals surface area contributed by atoms with Crippen molar-refractivity contribution in [2.75, 3.05) is 0 Å². The molecule has 0 heterocycles. The van der Waals surface area contributed by atoms with Crippen LogP contribution in [-0.4, -0.2) is 21.3 Å². The number of aliphatic carboxylic acids is 1. The Hall–Kier alpha value is -1.55. The third kappa shape index (κ3) is 1.97. The topological polar surface area (TPSA) is 77.8 Å². The first-order chi connectivity index (χ1) is 6.02. The summed E-state index contributed by atoms with van der Waals surface area (Å²) in [4.78, 5) is 10.4. The van der Waals surface area contributed by atoms with Crippen LogP contribution in [0.2, 0.25) is 0 Å². The van der Waals surface area contributed by atoms with E-state index in [0.717, 1.165) is 0 Å². The van der Waals surface area contributed by atoms with Gasteiger partial charge in [0.2, 0.25) is 0 Å². The van der Waals surface area contributed by atoms with Crippen molar-refractivity contribution in [2.45, 2.75) is 13.0 Å². The lowest BCUT2D eigenvalue weighted by Crippen LogP contribution is -2.10. The maximum atomic E-state index is 10.4. The number of hydrogen-bond acceptors (Lipinski definition) is 3. The molecule has 0 bridgehead atoms. The Bertz CT molecular complexity index is 332. The molecule has 0 fully saturated rings. The van der Waals surface area contributed by atoms with Crippen LogP contribution >= 0.6 is 0 Å². The van der Waals surface area contributed by atoms with Gasteiger partial charge < -0.3 is 15.3 Å². The van der Waals surface area contributed by atoms with Gasteiger partial charge in [0.15, 0.2) is 6.10 Å². The van der Waals surface area contributed by atoms with E-state index in [1.165, 1.54) is 12.1 Å². The first-order valence-corrected chi connectivity index (χ1v) is 3.72. The molecule has 13 heavy (non-hydrogen) atoms. The Kier molecular flexibility index (Phi) is 2.53. The molecule has 0 aliphatic carbocycles. The van der Waals surface area contributed by atoms with Crippen LogP contribution in [0.15, 0.2) is 18.2 Å². The molecule has 3 N–H and O–H groups in total. The molecular weight excluding hydrogens is 172 g/mol. The van der Waals surface area contributed by atoms with Gasteiger partial charge in [0.1, 0.15) is 5.75 Å².